The number of nitrogens with one attached hydrogen (secondary N) is 1. The third-order valence-corrected chi connectivity index (χ3v) is 4.47. The fourth-order valence-corrected chi connectivity index (χ4v) is 3.04. The zero-order valence-corrected chi connectivity index (χ0v) is 13.6. The quantitative estimate of drug-likeness (QED) is 0.803. The molecule has 0 unspecified atom stereocenters. The van der Waals surface area contributed by atoms with Crippen molar-refractivity contribution >= 4 is 28.0 Å². The summed E-state index contributed by atoms with van der Waals surface area (Å²) in [6.45, 7) is 5.95. The number of anilines is 1. The smallest absolute Gasteiger partial charge is 0.232 e. The summed E-state index contributed by atoms with van der Waals surface area (Å²) in [6.07, 6.45) is 3.02. The molecule has 0 bridgehead atoms. The number of hydrogen-bond donors (Lipinski definition) is 1. The maximum absolute atomic E-state index is 12.2. The molecule has 0 aliphatic rings. The molecule has 0 saturated carbocycles. The van der Waals surface area contributed by atoms with Crippen LogP contribution in [0.4, 0.5) is 5.13 Å². The van der Waals surface area contributed by atoms with Gasteiger partial charge in [-0.1, -0.05) is 24.3 Å². The van der Waals surface area contributed by atoms with Crippen molar-refractivity contribution in [2.45, 2.75) is 33.6 Å². The number of rotatable bonds is 4. The Morgan fingerprint density at radius 2 is 2.18 bits per heavy atom. The van der Waals surface area contributed by atoms with Crippen LogP contribution in [-0.4, -0.2) is 25.5 Å². The molecule has 3 rings (SSSR count). The van der Waals surface area contributed by atoms with Crippen LogP contribution < -0.4 is 5.32 Å². The van der Waals surface area contributed by atoms with Crippen molar-refractivity contribution in [2.75, 3.05) is 5.32 Å². The highest BCUT2D eigenvalue weighted by Crippen LogP contribution is 2.18. The second kappa shape index (κ2) is 5.84. The molecule has 0 aromatic carbocycles. The van der Waals surface area contributed by atoms with E-state index in [1.165, 1.54) is 11.3 Å². The minimum absolute atomic E-state index is 0.106. The lowest BCUT2D eigenvalue weighted by Gasteiger charge is -2.04. The average Bonchev–Trinajstić information content (AvgIpc) is 3.06. The molecule has 0 aliphatic carbocycles. The summed E-state index contributed by atoms with van der Waals surface area (Å²) in [5.74, 6) is -0.106. The lowest BCUT2D eigenvalue weighted by atomic mass is 10.2. The summed E-state index contributed by atoms with van der Waals surface area (Å²) in [5.41, 5.74) is 3.76. The first-order valence-corrected chi connectivity index (χ1v) is 7.95. The van der Waals surface area contributed by atoms with Crippen LogP contribution in [0, 0.1) is 13.8 Å². The summed E-state index contributed by atoms with van der Waals surface area (Å²) >= 11 is 1.41. The van der Waals surface area contributed by atoms with Gasteiger partial charge in [-0.15, -0.1) is 10.2 Å². The fourth-order valence-electron chi connectivity index (χ4n) is 2.34. The molecule has 0 saturated heterocycles. The molecule has 0 spiro atoms. The lowest BCUT2D eigenvalue weighted by molar-refractivity contribution is -0.115. The minimum atomic E-state index is -0.106. The van der Waals surface area contributed by atoms with E-state index in [1.807, 2.05) is 43.5 Å². The number of carbonyl (C=O) groups is 1. The zero-order valence-electron chi connectivity index (χ0n) is 12.8. The molecule has 1 amide bonds. The molecule has 3 aromatic heterocycles. The topological polar surface area (TPSA) is 72.2 Å². The number of nitrogens with zero attached hydrogens (tertiary/aromatic N) is 4. The number of imidazole rings is 1. The number of hydrogen-bond acceptors (Lipinski definition) is 5. The average molecular weight is 315 g/mol. The van der Waals surface area contributed by atoms with E-state index in [4.69, 9.17) is 0 Å². The van der Waals surface area contributed by atoms with Crippen molar-refractivity contribution in [3.8, 4) is 0 Å². The molecule has 114 valence electrons. The van der Waals surface area contributed by atoms with E-state index in [0.717, 1.165) is 34.0 Å². The van der Waals surface area contributed by atoms with Gasteiger partial charge < -0.3 is 9.72 Å². The van der Waals surface area contributed by atoms with Crippen molar-refractivity contribution in [3.05, 3.63) is 40.3 Å². The number of aryl methyl sites for hydroxylation is 3. The van der Waals surface area contributed by atoms with E-state index < -0.39 is 0 Å². The first-order valence-electron chi connectivity index (χ1n) is 7.14. The molecule has 0 aliphatic heterocycles. The number of aromatic nitrogens is 4. The van der Waals surface area contributed by atoms with Crippen molar-refractivity contribution in [1.29, 1.82) is 0 Å². The molecule has 0 radical (unpaired) electrons. The maximum atomic E-state index is 12.2. The first kappa shape index (κ1) is 14.6. The van der Waals surface area contributed by atoms with Crippen LogP contribution >= 0.6 is 11.3 Å². The third-order valence-electron chi connectivity index (χ3n) is 3.49. The normalized spacial score (nSPS) is 11.0. The first-order chi connectivity index (χ1) is 10.6. The molecular weight excluding hydrogens is 298 g/mol. The number of pyridine rings is 1. The van der Waals surface area contributed by atoms with Gasteiger partial charge in [0.15, 0.2) is 0 Å². The standard InChI is InChI=1S/C15H17N5OS/c1-4-13-18-19-15(22-13)17-12(21)8-11-10(3)16-14-9(2)6-5-7-20(11)14/h5-7H,4,8H2,1-3H3,(H,17,19,21). The van der Waals surface area contributed by atoms with Crippen LogP contribution in [0.1, 0.15) is 28.9 Å². The number of carbonyl (C=O) groups excluding carboxylic acids is 1. The fraction of sp³-hybridized carbons (Fsp3) is 0.333. The predicted molar refractivity (Wildman–Crippen MR) is 86.3 cm³/mol. The molecule has 3 heterocycles. The second-order valence-corrected chi connectivity index (χ2v) is 6.17. The number of fused-ring (bicyclic) bond motifs is 1. The number of amides is 1. The highest BCUT2D eigenvalue weighted by molar-refractivity contribution is 7.15. The second-order valence-electron chi connectivity index (χ2n) is 5.11. The minimum Gasteiger partial charge on any atom is -0.303 e. The van der Waals surface area contributed by atoms with Crippen molar-refractivity contribution in [2.24, 2.45) is 0 Å². The van der Waals surface area contributed by atoms with Crippen LogP contribution in [0.15, 0.2) is 18.3 Å². The highest BCUT2D eigenvalue weighted by atomic mass is 32.1. The Balaban J connectivity index is 1.82. The lowest BCUT2D eigenvalue weighted by Crippen LogP contribution is -2.16. The zero-order chi connectivity index (χ0) is 15.7. The van der Waals surface area contributed by atoms with Crippen molar-refractivity contribution in [1.82, 2.24) is 19.6 Å². The monoisotopic (exact) mass is 315 g/mol. The van der Waals surface area contributed by atoms with Crippen LogP contribution in [0.2, 0.25) is 0 Å². The van der Waals surface area contributed by atoms with E-state index >= 15 is 0 Å². The van der Waals surface area contributed by atoms with Gasteiger partial charge in [0.2, 0.25) is 11.0 Å². The summed E-state index contributed by atoms with van der Waals surface area (Å²) in [4.78, 5) is 16.8. The van der Waals surface area contributed by atoms with Gasteiger partial charge in [0.05, 0.1) is 17.8 Å². The van der Waals surface area contributed by atoms with Gasteiger partial charge in [-0.2, -0.15) is 0 Å². The third kappa shape index (κ3) is 2.71. The van der Waals surface area contributed by atoms with Gasteiger partial charge in [0.25, 0.3) is 0 Å². The van der Waals surface area contributed by atoms with Gasteiger partial charge in [0.1, 0.15) is 10.7 Å². The highest BCUT2D eigenvalue weighted by Gasteiger charge is 2.15. The summed E-state index contributed by atoms with van der Waals surface area (Å²) in [7, 11) is 0. The van der Waals surface area contributed by atoms with E-state index in [9.17, 15) is 4.79 Å². The Kier molecular flexibility index (Phi) is 3.89. The van der Waals surface area contributed by atoms with Gasteiger partial charge in [-0.3, -0.25) is 4.79 Å². The van der Waals surface area contributed by atoms with Crippen LogP contribution in [0.3, 0.4) is 0 Å². The maximum Gasteiger partial charge on any atom is 0.232 e. The van der Waals surface area contributed by atoms with Crippen molar-refractivity contribution in [3.63, 3.8) is 0 Å². The summed E-state index contributed by atoms with van der Waals surface area (Å²) < 4.78 is 1.97. The Morgan fingerprint density at radius 1 is 1.36 bits per heavy atom. The van der Waals surface area contributed by atoms with Gasteiger partial charge in [-0.05, 0) is 31.9 Å². The molecular formula is C15H17N5OS. The molecule has 22 heavy (non-hydrogen) atoms. The Hall–Kier alpha value is -2.28. The molecule has 0 atom stereocenters. The van der Waals surface area contributed by atoms with Gasteiger partial charge in [-0.25, -0.2) is 4.98 Å². The van der Waals surface area contributed by atoms with E-state index in [2.05, 4.69) is 20.5 Å². The van der Waals surface area contributed by atoms with E-state index in [-0.39, 0.29) is 12.3 Å². The molecule has 3 aromatic rings. The van der Waals surface area contributed by atoms with Gasteiger partial charge >= 0.3 is 0 Å². The Labute approximate surface area is 132 Å². The molecule has 1 N–H and O–H groups in total. The molecule has 0 fully saturated rings. The van der Waals surface area contributed by atoms with Crippen LogP contribution in [-0.2, 0) is 17.6 Å². The predicted octanol–water partition coefficient (Wildman–Crippen LogP) is 2.55. The largest absolute Gasteiger partial charge is 0.303 e. The summed E-state index contributed by atoms with van der Waals surface area (Å²) in [5, 5.41) is 12.2. The van der Waals surface area contributed by atoms with Crippen LogP contribution in [0.25, 0.3) is 5.65 Å². The van der Waals surface area contributed by atoms with Crippen molar-refractivity contribution < 1.29 is 4.79 Å². The Morgan fingerprint density at radius 3 is 2.91 bits per heavy atom. The Bertz CT molecular complexity index is 836. The van der Waals surface area contributed by atoms with E-state index in [1.54, 1.807) is 0 Å². The van der Waals surface area contributed by atoms with Gasteiger partial charge in [0, 0.05) is 6.20 Å². The summed E-state index contributed by atoms with van der Waals surface area (Å²) in [6, 6.07) is 3.97. The molecule has 7 heteroatoms. The SMILES string of the molecule is CCc1nnc(NC(=O)Cc2c(C)nc3c(C)cccn23)s1. The molecule has 6 nitrogen and oxygen atoms in total. The van der Waals surface area contributed by atoms with E-state index in [0.29, 0.717) is 5.13 Å². The van der Waals surface area contributed by atoms with Crippen LogP contribution in [0.5, 0.6) is 0 Å².